The van der Waals surface area contributed by atoms with Crippen LogP contribution in [0.5, 0.6) is 0 Å². The number of rotatable bonds is 8. The van der Waals surface area contributed by atoms with Crippen molar-refractivity contribution >= 4 is 57.1 Å². The van der Waals surface area contributed by atoms with Crippen molar-refractivity contribution in [2.75, 3.05) is 22.1 Å². The molecule has 1 aromatic heterocycles. The van der Waals surface area contributed by atoms with Gasteiger partial charge < -0.3 is 15.5 Å². The molecular weight excluding hydrogens is 418 g/mol. The van der Waals surface area contributed by atoms with E-state index in [1.54, 1.807) is 4.90 Å². The normalized spacial score (nSPS) is 11.6. The molecule has 2 aromatic carbocycles. The van der Waals surface area contributed by atoms with Crippen LogP contribution >= 0.6 is 23.1 Å². The third-order valence-electron chi connectivity index (χ3n) is 4.12. The average Bonchev–Trinajstić information content (AvgIpc) is 3.15. The van der Waals surface area contributed by atoms with Crippen molar-refractivity contribution in [1.29, 1.82) is 0 Å². The zero-order valence-electron chi connectivity index (χ0n) is 17.0. The number of hydrogen-bond donors (Lipinski definition) is 2. The zero-order valence-corrected chi connectivity index (χ0v) is 18.6. The van der Waals surface area contributed by atoms with Crippen LogP contribution in [0, 0.1) is 0 Å². The van der Waals surface area contributed by atoms with Gasteiger partial charge in [-0.15, -0.1) is 10.2 Å². The molecule has 0 radical (unpaired) electrons. The molecule has 0 aliphatic rings. The number of thioether (sulfide) groups is 1. The first-order valence-corrected chi connectivity index (χ1v) is 11.2. The Kier molecular flexibility index (Phi) is 7.42. The Hall–Kier alpha value is -2.91. The smallest absolute Gasteiger partial charge is 0.240 e. The standard InChI is InChI=1S/C21H23N5O2S2/c1-4-26(18-11-6-5-7-12-18)19(28)14(2)29-21-25-24-20(30-21)23-17-10-8-9-16(13-17)22-15(3)27/h5-14H,4H2,1-3H3,(H,22,27)(H,23,24). The Bertz CT molecular complexity index is 1010. The topological polar surface area (TPSA) is 87.2 Å². The van der Waals surface area contributed by atoms with E-state index in [2.05, 4.69) is 20.8 Å². The minimum absolute atomic E-state index is 0.0291. The Morgan fingerprint density at radius 1 is 1.10 bits per heavy atom. The van der Waals surface area contributed by atoms with E-state index in [4.69, 9.17) is 0 Å². The second-order valence-corrected chi connectivity index (χ2v) is 9.00. The van der Waals surface area contributed by atoms with Crippen molar-refractivity contribution in [3.8, 4) is 0 Å². The summed E-state index contributed by atoms with van der Waals surface area (Å²) in [4.78, 5) is 25.9. The van der Waals surface area contributed by atoms with E-state index in [1.165, 1.54) is 30.0 Å². The van der Waals surface area contributed by atoms with Gasteiger partial charge in [0.15, 0.2) is 4.34 Å². The SMILES string of the molecule is CCN(C(=O)C(C)Sc1nnc(Nc2cccc(NC(C)=O)c2)s1)c1ccccc1. The number of benzene rings is 2. The van der Waals surface area contributed by atoms with Crippen molar-refractivity contribution in [2.24, 2.45) is 0 Å². The highest BCUT2D eigenvalue weighted by molar-refractivity contribution is 8.02. The fraction of sp³-hybridized carbons (Fsp3) is 0.238. The lowest BCUT2D eigenvalue weighted by Crippen LogP contribution is -2.36. The van der Waals surface area contributed by atoms with Crippen LogP contribution in [0.15, 0.2) is 58.9 Å². The van der Waals surface area contributed by atoms with Crippen LogP contribution in [0.1, 0.15) is 20.8 Å². The van der Waals surface area contributed by atoms with E-state index in [9.17, 15) is 9.59 Å². The molecule has 7 nitrogen and oxygen atoms in total. The molecule has 0 aliphatic carbocycles. The Balaban J connectivity index is 1.63. The monoisotopic (exact) mass is 441 g/mol. The van der Waals surface area contributed by atoms with Crippen LogP contribution in [0.3, 0.4) is 0 Å². The van der Waals surface area contributed by atoms with Gasteiger partial charge in [-0.1, -0.05) is 47.4 Å². The van der Waals surface area contributed by atoms with Gasteiger partial charge in [-0.25, -0.2) is 0 Å². The Labute approximate surface area is 183 Å². The molecular formula is C21H23N5O2S2. The van der Waals surface area contributed by atoms with Crippen molar-refractivity contribution in [3.05, 3.63) is 54.6 Å². The third kappa shape index (κ3) is 5.80. The van der Waals surface area contributed by atoms with Crippen molar-refractivity contribution < 1.29 is 9.59 Å². The van der Waals surface area contributed by atoms with E-state index in [-0.39, 0.29) is 17.1 Å². The van der Waals surface area contributed by atoms with Crippen LogP contribution in [-0.2, 0) is 9.59 Å². The second-order valence-electron chi connectivity index (χ2n) is 6.44. The molecule has 0 fully saturated rings. The van der Waals surface area contributed by atoms with E-state index < -0.39 is 0 Å². The highest BCUT2D eigenvalue weighted by atomic mass is 32.2. The summed E-state index contributed by atoms with van der Waals surface area (Å²) < 4.78 is 0.709. The largest absolute Gasteiger partial charge is 0.330 e. The number of nitrogens with zero attached hydrogens (tertiary/aromatic N) is 3. The van der Waals surface area contributed by atoms with Crippen LogP contribution < -0.4 is 15.5 Å². The summed E-state index contributed by atoms with van der Waals surface area (Å²) in [5.41, 5.74) is 2.38. The van der Waals surface area contributed by atoms with Gasteiger partial charge in [0, 0.05) is 30.5 Å². The fourth-order valence-corrected chi connectivity index (χ4v) is 4.78. The lowest BCUT2D eigenvalue weighted by molar-refractivity contribution is -0.118. The molecule has 156 valence electrons. The summed E-state index contributed by atoms with van der Waals surface area (Å²) in [6.45, 7) is 5.91. The molecule has 9 heteroatoms. The van der Waals surface area contributed by atoms with Crippen molar-refractivity contribution in [2.45, 2.75) is 30.4 Å². The third-order valence-corrected chi connectivity index (χ3v) is 6.13. The molecule has 0 spiro atoms. The lowest BCUT2D eigenvalue weighted by Gasteiger charge is -2.23. The molecule has 3 aromatic rings. The molecule has 0 aliphatic heterocycles. The molecule has 3 rings (SSSR count). The van der Waals surface area contributed by atoms with E-state index in [1.807, 2.05) is 68.4 Å². The maximum Gasteiger partial charge on any atom is 0.240 e. The Morgan fingerprint density at radius 2 is 1.83 bits per heavy atom. The number of aromatic nitrogens is 2. The summed E-state index contributed by atoms with van der Waals surface area (Å²) >= 11 is 2.77. The summed E-state index contributed by atoms with van der Waals surface area (Å²) in [6, 6.07) is 17.0. The fourth-order valence-electron chi connectivity index (χ4n) is 2.80. The Morgan fingerprint density at radius 3 is 2.53 bits per heavy atom. The first-order chi connectivity index (χ1) is 14.5. The molecule has 1 heterocycles. The van der Waals surface area contributed by atoms with Gasteiger partial charge in [0.2, 0.25) is 16.9 Å². The van der Waals surface area contributed by atoms with E-state index in [0.717, 1.165) is 11.4 Å². The summed E-state index contributed by atoms with van der Waals surface area (Å²) in [5.74, 6) is -0.0987. The van der Waals surface area contributed by atoms with Crippen LogP contribution in [-0.4, -0.2) is 33.8 Å². The van der Waals surface area contributed by atoms with Crippen LogP contribution in [0.4, 0.5) is 22.2 Å². The first kappa shape index (κ1) is 21.8. The van der Waals surface area contributed by atoms with Gasteiger partial charge in [-0.2, -0.15) is 0 Å². The minimum Gasteiger partial charge on any atom is -0.330 e. The number of anilines is 4. The van der Waals surface area contributed by atoms with Crippen molar-refractivity contribution in [1.82, 2.24) is 10.2 Å². The lowest BCUT2D eigenvalue weighted by atomic mass is 10.2. The number of amides is 2. The van der Waals surface area contributed by atoms with Gasteiger partial charge in [0.1, 0.15) is 0 Å². The van der Waals surface area contributed by atoms with Crippen molar-refractivity contribution in [3.63, 3.8) is 0 Å². The van der Waals surface area contributed by atoms with E-state index >= 15 is 0 Å². The molecule has 0 saturated carbocycles. The van der Waals surface area contributed by atoms with Gasteiger partial charge >= 0.3 is 0 Å². The van der Waals surface area contributed by atoms with Crippen LogP contribution in [0.2, 0.25) is 0 Å². The van der Waals surface area contributed by atoms with E-state index in [0.29, 0.717) is 21.7 Å². The summed E-state index contributed by atoms with van der Waals surface area (Å²) in [5, 5.41) is 14.6. The maximum absolute atomic E-state index is 12.9. The zero-order chi connectivity index (χ0) is 21.5. The molecule has 2 N–H and O–H groups in total. The molecule has 2 amide bonds. The predicted octanol–water partition coefficient (Wildman–Crippen LogP) is 4.77. The first-order valence-electron chi connectivity index (χ1n) is 9.47. The number of carbonyl (C=O) groups is 2. The minimum atomic E-state index is -0.297. The highest BCUT2D eigenvalue weighted by Crippen LogP contribution is 2.32. The molecule has 30 heavy (non-hydrogen) atoms. The summed E-state index contributed by atoms with van der Waals surface area (Å²) in [7, 11) is 0. The molecule has 1 unspecified atom stereocenters. The maximum atomic E-state index is 12.9. The predicted molar refractivity (Wildman–Crippen MR) is 124 cm³/mol. The molecule has 1 atom stereocenters. The van der Waals surface area contributed by atoms with Gasteiger partial charge in [-0.3, -0.25) is 9.59 Å². The second kappa shape index (κ2) is 10.2. The molecule has 0 saturated heterocycles. The average molecular weight is 442 g/mol. The van der Waals surface area contributed by atoms with Gasteiger partial charge in [-0.05, 0) is 44.2 Å². The number of hydrogen-bond acceptors (Lipinski definition) is 7. The quantitative estimate of drug-likeness (QED) is 0.490. The van der Waals surface area contributed by atoms with Gasteiger partial charge in [0.05, 0.1) is 5.25 Å². The molecule has 0 bridgehead atoms. The highest BCUT2D eigenvalue weighted by Gasteiger charge is 2.23. The van der Waals surface area contributed by atoms with Gasteiger partial charge in [0.25, 0.3) is 0 Å². The number of para-hydroxylation sites is 1. The number of nitrogens with one attached hydrogen (secondary N) is 2. The summed E-state index contributed by atoms with van der Waals surface area (Å²) in [6.07, 6.45) is 0. The van der Waals surface area contributed by atoms with Crippen LogP contribution in [0.25, 0.3) is 0 Å². The number of carbonyl (C=O) groups excluding carboxylic acids is 2.